The number of phenols is 1. The van der Waals surface area contributed by atoms with Gasteiger partial charge >= 0.3 is 5.97 Å². The molecule has 0 saturated carbocycles. The second-order valence-electron chi connectivity index (χ2n) is 5.43. The van der Waals surface area contributed by atoms with E-state index in [-0.39, 0.29) is 22.5 Å². The van der Waals surface area contributed by atoms with Crippen LogP contribution in [0.3, 0.4) is 0 Å². The van der Waals surface area contributed by atoms with E-state index < -0.39 is 23.7 Å². The molecule has 1 saturated heterocycles. The third-order valence-corrected chi connectivity index (χ3v) is 4.05. The van der Waals surface area contributed by atoms with E-state index in [0.29, 0.717) is 23.9 Å². The molecular formula is C17H19NO6S. The molecule has 0 radical (unpaired) electrons. The standard InChI is InChI=1S/C17H19NO6S/c1-4-23-12-7-5-6-11(15(12)20)8-13-16(21)18(17(22)25-13)9-14(19)24-10(2)3/h5-8,10,20H,4,9H2,1-3H3/b13-8-. The summed E-state index contributed by atoms with van der Waals surface area (Å²) in [6.45, 7) is 5.09. The Morgan fingerprint density at radius 3 is 2.72 bits per heavy atom. The Labute approximate surface area is 149 Å². The highest BCUT2D eigenvalue weighted by molar-refractivity contribution is 8.18. The largest absolute Gasteiger partial charge is 0.504 e. The maximum atomic E-state index is 12.4. The van der Waals surface area contributed by atoms with Crippen molar-refractivity contribution in [2.45, 2.75) is 26.9 Å². The smallest absolute Gasteiger partial charge is 0.326 e. The molecule has 134 valence electrons. The molecule has 1 aromatic rings. The van der Waals surface area contributed by atoms with Crippen LogP contribution < -0.4 is 4.74 Å². The molecule has 1 aromatic carbocycles. The fourth-order valence-electron chi connectivity index (χ4n) is 2.13. The van der Waals surface area contributed by atoms with Crippen molar-refractivity contribution in [1.29, 1.82) is 0 Å². The number of imide groups is 1. The number of hydrogen-bond donors (Lipinski definition) is 1. The van der Waals surface area contributed by atoms with Crippen LogP contribution in [0.15, 0.2) is 23.1 Å². The zero-order chi connectivity index (χ0) is 18.6. The Bertz CT molecular complexity index is 728. The molecule has 25 heavy (non-hydrogen) atoms. The summed E-state index contributed by atoms with van der Waals surface area (Å²) >= 11 is 0.704. The summed E-state index contributed by atoms with van der Waals surface area (Å²) in [5.74, 6) is -1.08. The Morgan fingerprint density at radius 2 is 2.08 bits per heavy atom. The molecule has 1 aliphatic heterocycles. The maximum Gasteiger partial charge on any atom is 0.326 e. The highest BCUT2D eigenvalue weighted by Crippen LogP contribution is 2.36. The van der Waals surface area contributed by atoms with Crippen molar-refractivity contribution in [3.05, 3.63) is 28.7 Å². The van der Waals surface area contributed by atoms with Crippen molar-refractivity contribution in [3.8, 4) is 11.5 Å². The van der Waals surface area contributed by atoms with E-state index in [1.807, 2.05) is 0 Å². The zero-order valence-corrected chi connectivity index (χ0v) is 15.0. The van der Waals surface area contributed by atoms with E-state index in [1.165, 1.54) is 6.08 Å². The van der Waals surface area contributed by atoms with Gasteiger partial charge in [-0.05, 0) is 44.7 Å². The van der Waals surface area contributed by atoms with Crippen LogP contribution >= 0.6 is 11.8 Å². The van der Waals surface area contributed by atoms with Crippen molar-refractivity contribution in [2.75, 3.05) is 13.2 Å². The molecule has 1 N–H and O–H groups in total. The first-order valence-corrected chi connectivity index (χ1v) is 8.54. The molecule has 0 aromatic heterocycles. The average molecular weight is 365 g/mol. The summed E-state index contributed by atoms with van der Waals surface area (Å²) in [6.07, 6.45) is 1.07. The van der Waals surface area contributed by atoms with Gasteiger partial charge < -0.3 is 14.6 Å². The number of phenolic OH excluding ortho intramolecular Hbond substituents is 1. The van der Waals surface area contributed by atoms with E-state index >= 15 is 0 Å². The van der Waals surface area contributed by atoms with Gasteiger partial charge in [-0.1, -0.05) is 12.1 Å². The lowest BCUT2D eigenvalue weighted by Crippen LogP contribution is -2.35. The Morgan fingerprint density at radius 1 is 1.36 bits per heavy atom. The minimum absolute atomic E-state index is 0.115. The number of carbonyl (C=O) groups excluding carboxylic acids is 3. The maximum absolute atomic E-state index is 12.4. The van der Waals surface area contributed by atoms with Gasteiger partial charge in [0.25, 0.3) is 11.1 Å². The molecule has 0 spiro atoms. The monoisotopic (exact) mass is 365 g/mol. The van der Waals surface area contributed by atoms with Crippen molar-refractivity contribution in [1.82, 2.24) is 4.90 Å². The number of carbonyl (C=O) groups is 3. The summed E-state index contributed by atoms with van der Waals surface area (Å²) < 4.78 is 10.2. The van der Waals surface area contributed by atoms with Gasteiger partial charge in [0, 0.05) is 5.56 Å². The minimum Gasteiger partial charge on any atom is -0.504 e. The van der Waals surface area contributed by atoms with Crippen LogP contribution in [0.25, 0.3) is 6.08 Å². The molecule has 0 aliphatic carbocycles. The van der Waals surface area contributed by atoms with Crippen molar-refractivity contribution >= 4 is 35.0 Å². The first-order chi connectivity index (χ1) is 11.8. The topological polar surface area (TPSA) is 93.1 Å². The second-order valence-corrected chi connectivity index (χ2v) is 6.43. The number of para-hydroxylation sites is 1. The minimum atomic E-state index is -0.653. The number of nitrogens with zero attached hydrogens (tertiary/aromatic N) is 1. The normalized spacial score (nSPS) is 16.0. The lowest BCUT2D eigenvalue weighted by Gasteiger charge is -2.13. The van der Waals surface area contributed by atoms with Gasteiger partial charge in [0.05, 0.1) is 17.6 Å². The number of thioether (sulfide) groups is 1. The number of rotatable bonds is 6. The number of aromatic hydroxyl groups is 1. The predicted molar refractivity (Wildman–Crippen MR) is 93.2 cm³/mol. The van der Waals surface area contributed by atoms with E-state index in [2.05, 4.69) is 0 Å². The van der Waals surface area contributed by atoms with Crippen molar-refractivity contribution in [2.24, 2.45) is 0 Å². The summed E-state index contributed by atoms with van der Waals surface area (Å²) in [5.41, 5.74) is 0.348. The van der Waals surface area contributed by atoms with Crippen molar-refractivity contribution < 1.29 is 29.0 Å². The van der Waals surface area contributed by atoms with Crippen LogP contribution in [0.4, 0.5) is 4.79 Å². The predicted octanol–water partition coefficient (Wildman–Crippen LogP) is 2.78. The van der Waals surface area contributed by atoms with E-state index in [4.69, 9.17) is 9.47 Å². The fraction of sp³-hybridized carbons (Fsp3) is 0.353. The Kier molecular flexibility index (Phi) is 6.08. The van der Waals surface area contributed by atoms with Crippen LogP contribution in [0, 0.1) is 0 Å². The first-order valence-electron chi connectivity index (χ1n) is 7.73. The molecule has 0 bridgehead atoms. The summed E-state index contributed by atoms with van der Waals surface area (Å²) in [4.78, 5) is 37.0. The second kappa shape index (κ2) is 8.06. The van der Waals surface area contributed by atoms with Gasteiger partial charge in [-0.3, -0.25) is 19.3 Å². The molecular weight excluding hydrogens is 346 g/mol. The van der Waals surface area contributed by atoms with Gasteiger partial charge in [-0.25, -0.2) is 0 Å². The quantitative estimate of drug-likeness (QED) is 0.612. The van der Waals surface area contributed by atoms with Crippen LogP contribution in [-0.4, -0.2) is 46.4 Å². The fourth-order valence-corrected chi connectivity index (χ4v) is 2.96. The Hall–Kier alpha value is -2.48. The zero-order valence-electron chi connectivity index (χ0n) is 14.1. The number of benzene rings is 1. The van der Waals surface area contributed by atoms with Crippen molar-refractivity contribution in [3.63, 3.8) is 0 Å². The van der Waals surface area contributed by atoms with Crippen LogP contribution in [-0.2, 0) is 14.3 Å². The van der Waals surface area contributed by atoms with Crippen LogP contribution in [0.2, 0.25) is 0 Å². The van der Waals surface area contributed by atoms with E-state index in [1.54, 1.807) is 39.0 Å². The highest BCUT2D eigenvalue weighted by atomic mass is 32.2. The van der Waals surface area contributed by atoms with Gasteiger partial charge in [0.1, 0.15) is 6.54 Å². The molecule has 2 rings (SSSR count). The number of amides is 2. The lowest BCUT2D eigenvalue weighted by molar-refractivity contribution is -0.149. The lowest BCUT2D eigenvalue weighted by atomic mass is 10.1. The molecule has 1 heterocycles. The molecule has 7 nitrogen and oxygen atoms in total. The van der Waals surface area contributed by atoms with E-state index in [0.717, 1.165) is 4.90 Å². The molecule has 2 amide bonds. The summed E-state index contributed by atoms with van der Waals surface area (Å²) in [6, 6.07) is 4.86. The summed E-state index contributed by atoms with van der Waals surface area (Å²) in [7, 11) is 0. The third kappa shape index (κ3) is 4.54. The van der Waals surface area contributed by atoms with Gasteiger partial charge in [-0.2, -0.15) is 0 Å². The Balaban J connectivity index is 2.20. The third-order valence-electron chi connectivity index (χ3n) is 3.14. The van der Waals surface area contributed by atoms with Gasteiger partial charge in [0.15, 0.2) is 11.5 Å². The number of ether oxygens (including phenoxy) is 2. The van der Waals surface area contributed by atoms with Gasteiger partial charge in [-0.15, -0.1) is 0 Å². The SMILES string of the molecule is CCOc1cccc(/C=C2\SC(=O)N(CC(=O)OC(C)C)C2=O)c1O. The highest BCUT2D eigenvalue weighted by Gasteiger charge is 2.37. The number of esters is 1. The van der Waals surface area contributed by atoms with E-state index in [9.17, 15) is 19.5 Å². The molecule has 8 heteroatoms. The molecule has 1 fully saturated rings. The molecule has 1 aliphatic rings. The van der Waals surface area contributed by atoms with Crippen LogP contribution in [0.5, 0.6) is 11.5 Å². The average Bonchev–Trinajstić information content (AvgIpc) is 2.78. The first kappa shape index (κ1) is 18.9. The van der Waals surface area contributed by atoms with Gasteiger partial charge in [0.2, 0.25) is 0 Å². The van der Waals surface area contributed by atoms with Crippen LogP contribution in [0.1, 0.15) is 26.3 Å². The summed E-state index contributed by atoms with van der Waals surface area (Å²) in [5, 5.41) is 9.62. The molecule has 0 unspecified atom stereocenters. The number of hydrogen-bond acceptors (Lipinski definition) is 7. The molecule has 0 atom stereocenters.